The maximum absolute atomic E-state index is 13.7. The molecule has 0 radical (unpaired) electrons. The Morgan fingerprint density at radius 1 is 1.16 bits per heavy atom. The fourth-order valence-electron chi connectivity index (χ4n) is 3.93. The van der Waals surface area contributed by atoms with Crippen molar-refractivity contribution in [2.75, 3.05) is 25.2 Å². The van der Waals surface area contributed by atoms with Crippen LogP contribution >= 0.6 is 11.8 Å². The minimum Gasteiger partial charge on any atom is -0.495 e. The van der Waals surface area contributed by atoms with Crippen LogP contribution in [0.2, 0.25) is 0 Å². The summed E-state index contributed by atoms with van der Waals surface area (Å²) in [6, 6.07) is 12.4. The fourth-order valence-corrected chi connectivity index (χ4v) is 6.28. The van der Waals surface area contributed by atoms with Crippen molar-refractivity contribution in [1.82, 2.24) is 4.31 Å². The number of methoxy groups -OCH3 is 1. The van der Waals surface area contributed by atoms with E-state index in [1.54, 1.807) is 30.0 Å². The number of aryl methyl sites for hydroxylation is 1. The van der Waals surface area contributed by atoms with E-state index in [1.807, 2.05) is 37.4 Å². The fraction of sp³-hybridized carbons (Fsp3) is 0.435. The molecule has 1 aliphatic rings. The van der Waals surface area contributed by atoms with Crippen molar-refractivity contribution < 1.29 is 17.9 Å². The third kappa shape index (κ3) is 5.81. The summed E-state index contributed by atoms with van der Waals surface area (Å²) in [5.74, 6) is -0.0569. The molecule has 168 valence electrons. The molecule has 0 saturated heterocycles. The number of hydrogen-bond acceptors (Lipinski definition) is 5. The van der Waals surface area contributed by atoms with Gasteiger partial charge in [0.2, 0.25) is 15.9 Å². The van der Waals surface area contributed by atoms with Gasteiger partial charge in [-0.1, -0.05) is 31.4 Å². The van der Waals surface area contributed by atoms with E-state index in [0.29, 0.717) is 11.4 Å². The van der Waals surface area contributed by atoms with Crippen LogP contribution < -0.4 is 10.1 Å². The average molecular weight is 463 g/mol. The zero-order valence-electron chi connectivity index (χ0n) is 18.3. The molecule has 0 heterocycles. The van der Waals surface area contributed by atoms with E-state index < -0.39 is 10.0 Å². The van der Waals surface area contributed by atoms with Gasteiger partial charge in [0.15, 0.2) is 0 Å². The largest absolute Gasteiger partial charge is 0.495 e. The molecule has 31 heavy (non-hydrogen) atoms. The molecule has 1 fully saturated rings. The Hall–Kier alpha value is -2.03. The Bertz CT molecular complexity index is 1020. The summed E-state index contributed by atoms with van der Waals surface area (Å²) >= 11 is 1.58. The van der Waals surface area contributed by atoms with Crippen LogP contribution in [-0.2, 0) is 14.8 Å². The van der Waals surface area contributed by atoms with Crippen LogP contribution in [0.4, 0.5) is 5.69 Å². The van der Waals surface area contributed by atoms with Gasteiger partial charge in [0.05, 0.1) is 13.7 Å². The number of amides is 1. The van der Waals surface area contributed by atoms with Crippen molar-refractivity contribution in [3.05, 3.63) is 48.0 Å². The van der Waals surface area contributed by atoms with Gasteiger partial charge in [-0.2, -0.15) is 4.31 Å². The van der Waals surface area contributed by atoms with Gasteiger partial charge < -0.3 is 10.1 Å². The number of hydrogen-bond donors (Lipinski definition) is 1. The van der Waals surface area contributed by atoms with Gasteiger partial charge in [0, 0.05) is 16.6 Å². The van der Waals surface area contributed by atoms with Crippen LogP contribution in [0.15, 0.2) is 52.3 Å². The number of carbonyl (C=O) groups excluding carboxylic acids is 1. The van der Waals surface area contributed by atoms with Crippen LogP contribution in [0.1, 0.15) is 37.7 Å². The van der Waals surface area contributed by atoms with Gasteiger partial charge in [0.1, 0.15) is 10.6 Å². The lowest BCUT2D eigenvalue weighted by Gasteiger charge is -2.33. The smallest absolute Gasteiger partial charge is 0.247 e. The van der Waals surface area contributed by atoms with Crippen LogP contribution in [0, 0.1) is 6.92 Å². The summed E-state index contributed by atoms with van der Waals surface area (Å²) in [7, 11) is -2.46. The van der Waals surface area contributed by atoms with Crippen molar-refractivity contribution in [2.24, 2.45) is 0 Å². The van der Waals surface area contributed by atoms with Crippen molar-refractivity contribution in [3.63, 3.8) is 0 Å². The van der Waals surface area contributed by atoms with Gasteiger partial charge in [-0.25, -0.2) is 8.42 Å². The number of nitrogens with one attached hydrogen (secondary N) is 1. The third-order valence-electron chi connectivity index (χ3n) is 5.54. The maximum atomic E-state index is 13.7. The highest BCUT2D eigenvalue weighted by atomic mass is 32.2. The summed E-state index contributed by atoms with van der Waals surface area (Å²) in [6.07, 6.45) is 6.47. The van der Waals surface area contributed by atoms with Gasteiger partial charge in [0.25, 0.3) is 0 Å². The predicted molar refractivity (Wildman–Crippen MR) is 125 cm³/mol. The Morgan fingerprint density at radius 2 is 1.90 bits per heavy atom. The molecule has 0 unspecified atom stereocenters. The summed E-state index contributed by atoms with van der Waals surface area (Å²) in [6.45, 7) is 1.61. The summed E-state index contributed by atoms with van der Waals surface area (Å²) in [5, 5.41) is 2.86. The van der Waals surface area contributed by atoms with E-state index in [-0.39, 0.29) is 23.4 Å². The quantitative estimate of drug-likeness (QED) is 0.576. The molecule has 0 aliphatic heterocycles. The first kappa shape index (κ1) is 23.6. The van der Waals surface area contributed by atoms with Crippen molar-refractivity contribution >= 4 is 33.4 Å². The van der Waals surface area contributed by atoms with Gasteiger partial charge in [-0.3, -0.25) is 4.79 Å². The van der Waals surface area contributed by atoms with Gasteiger partial charge in [-0.05, 0) is 61.9 Å². The molecule has 1 amide bonds. The molecular weight excluding hydrogens is 432 g/mol. The van der Waals surface area contributed by atoms with Crippen molar-refractivity contribution in [3.8, 4) is 5.75 Å². The molecule has 1 aliphatic carbocycles. The third-order valence-corrected chi connectivity index (χ3v) is 8.19. The molecular formula is C23H30N2O4S2. The van der Waals surface area contributed by atoms with E-state index in [9.17, 15) is 13.2 Å². The summed E-state index contributed by atoms with van der Waals surface area (Å²) in [5.41, 5.74) is 1.48. The number of thioether (sulfide) groups is 1. The number of rotatable bonds is 8. The molecule has 2 aromatic rings. The number of benzene rings is 2. The lowest BCUT2D eigenvalue weighted by molar-refractivity contribution is -0.116. The molecule has 8 heteroatoms. The molecule has 0 atom stereocenters. The maximum Gasteiger partial charge on any atom is 0.247 e. The summed E-state index contributed by atoms with van der Waals surface area (Å²) in [4.78, 5) is 14.0. The highest BCUT2D eigenvalue weighted by Gasteiger charge is 2.35. The number of nitrogens with zero attached hydrogens (tertiary/aromatic N) is 1. The van der Waals surface area contributed by atoms with E-state index in [2.05, 4.69) is 5.32 Å². The lowest BCUT2D eigenvalue weighted by Crippen LogP contribution is -2.45. The minimum atomic E-state index is -3.92. The normalized spacial score (nSPS) is 15.1. The first-order chi connectivity index (χ1) is 14.8. The molecule has 6 nitrogen and oxygen atoms in total. The first-order valence-corrected chi connectivity index (χ1v) is 13.1. The molecule has 2 aromatic carbocycles. The number of ether oxygens (including phenoxy) is 1. The van der Waals surface area contributed by atoms with Crippen LogP contribution in [0.3, 0.4) is 0 Å². The average Bonchev–Trinajstić information content (AvgIpc) is 2.78. The van der Waals surface area contributed by atoms with Gasteiger partial charge >= 0.3 is 0 Å². The van der Waals surface area contributed by atoms with E-state index in [0.717, 1.165) is 42.6 Å². The standard InChI is InChI=1S/C23H30N2O4S2/c1-17-12-13-21(29-2)22(14-17)31(27,28)25(19-9-5-4-6-10-19)16-23(26)24-18-8-7-11-20(15-18)30-3/h7-8,11-15,19H,4-6,9-10,16H2,1-3H3,(H,24,26). The first-order valence-electron chi connectivity index (χ1n) is 10.5. The Balaban J connectivity index is 1.91. The number of carbonyl (C=O) groups is 1. The zero-order chi connectivity index (χ0) is 22.4. The second-order valence-corrected chi connectivity index (χ2v) is 10.5. The number of sulfonamides is 1. The second-order valence-electron chi connectivity index (χ2n) is 7.78. The predicted octanol–water partition coefficient (Wildman–Crippen LogP) is 4.69. The topological polar surface area (TPSA) is 75.7 Å². The lowest BCUT2D eigenvalue weighted by atomic mass is 9.95. The van der Waals surface area contributed by atoms with Crippen molar-refractivity contribution in [1.29, 1.82) is 0 Å². The van der Waals surface area contributed by atoms with E-state index >= 15 is 0 Å². The molecule has 1 N–H and O–H groups in total. The molecule has 0 aromatic heterocycles. The van der Waals surface area contributed by atoms with Crippen LogP contribution in [0.25, 0.3) is 0 Å². The highest BCUT2D eigenvalue weighted by molar-refractivity contribution is 7.98. The van der Waals surface area contributed by atoms with Crippen LogP contribution in [-0.4, -0.2) is 44.6 Å². The van der Waals surface area contributed by atoms with Gasteiger partial charge in [-0.15, -0.1) is 11.8 Å². The molecule has 3 rings (SSSR count). The minimum absolute atomic E-state index is 0.109. The van der Waals surface area contributed by atoms with Crippen LogP contribution in [0.5, 0.6) is 5.75 Å². The van der Waals surface area contributed by atoms with Crippen molar-refractivity contribution in [2.45, 2.75) is 54.9 Å². The number of anilines is 1. The molecule has 0 spiro atoms. The van der Waals surface area contributed by atoms with E-state index in [1.165, 1.54) is 11.4 Å². The highest BCUT2D eigenvalue weighted by Crippen LogP contribution is 2.32. The zero-order valence-corrected chi connectivity index (χ0v) is 19.9. The molecule has 1 saturated carbocycles. The summed E-state index contributed by atoms with van der Waals surface area (Å²) < 4.78 is 34.1. The monoisotopic (exact) mass is 462 g/mol. The SMILES string of the molecule is COc1ccc(C)cc1S(=O)(=O)N(CC(=O)Nc1cccc(SC)c1)C1CCCCC1. The Morgan fingerprint density at radius 3 is 2.58 bits per heavy atom. The second kappa shape index (κ2) is 10.5. The molecule has 0 bridgehead atoms. The Labute approximate surface area is 189 Å². The Kier molecular flexibility index (Phi) is 8.02. The van der Waals surface area contributed by atoms with E-state index in [4.69, 9.17) is 4.74 Å².